The minimum absolute atomic E-state index is 0.0146. The van der Waals surface area contributed by atoms with E-state index in [1.807, 2.05) is 0 Å². The first-order valence-electron chi connectivity index (χ1n) is 6.30. The zero-order valence-corrected chi connectivity index (χ0v) is 12.6. The van der Waals surface area contributed by atoms with Crippen LogP contribution in [-0.4, -0.2) is 28.2 Å². The molecule has 1 saturated heterocycles. The van der Waals surface area contributed by atoms with Gasteiger partial charge in [0.15, 0.2) is 0 Å². The number of sulfonamides is 1. The van der Waals surface area contributed by atoms with Crippen molar-refractivity contribution >= 4 is 21.4 Å². The Morgan fingerprint density at radius 2 is 2.16 bits per heavy atom. The molecule has 1 aromatic rings. The van der Waals surface area contributed by atoms with Crippen LogP contribution < -0.4 is 10.5 Å². The Morgan fingerprint density at radius 1 is 1.47 bits per heavy atom. The second-order valence-electron chi connectivity index (χ2n) is 5.23. The number of thiophene rings is 1. The van der Waals surface area contributed by atoms with E-state index in [2.05, 4.69) is 11.6 Å². The predicted molar refractivity (Wildman–Crippen MR) is 75.6 cm³/mol. The molecule has 0 aliphatic carbocycles. The van der Waals surface area contributed by atoms with Crippen molar-refractivity contribution in [1.82, 2.24) is 4.72 Å². The molecule has 0 amide bonds. The molecular formula is C12H20N2O3S2. The number of ether oxygens (including phenoxy) is 1. The molecule has 1 aliphatic rings. The monoisotopic (exact) mass is 304 g/mol. The Kier molecular flexibility index (Phi) is 4.62. The lowest BCUT2D eigenvalue weighted by Crippen LogP contribution is -2.39. The highest BCUT2D eigenvalue weighted by molar-refractivity contribution is 7.91. The van der Waals surface area contributed by atoms with Gasteiger partial charge in [-0.25, -0.2) is 13.1 Å². The SMILES string of the molecule is CC1(CNS(=O)(=O)c2cc(CN)cs2)CCOCC1. The van der Waals surface area contributed by atoms with Gasteiger partial charge in [0.25, 0.3) is 0 Å². The van der Waals surface area contributed by atoms with Crippen molar-refractivity contribution in [2.75, 3.05) is 19.8 Å². The zero-order chi connectivity index (χ0) is 13.9. The van der Waals surface area contributed by atoms with Gasteiger partial charge in [0.05, 0.1) is 0 Å². The van der Waals surface area contributed by atoms with Crippen molar-refractivity contribution in [3.63, 3.8) is 0 Å². The Morgan fingerprint density at radius 3 is 2.74 bits per heavy atom. The van der Waals surface area contributed by atoms with Crippen LogP contribution in [0.4, 0.5) is 0 Å². The molecule has 5 nitrogen and oxygen atoms in total. The highest BCUT2D eigenvalue weighted by Crippen LogP contribution is 2.29. The molecule has 2 heterocycles. The fourth-order valence-corrected chi connectivity index (χ4v) is 4.45. The number of rotatable bonds is 5. The Hall–Kier alpha value is -0.470. The lowest BCUT2D eigenvalue weighted by molar-refractivity contribution is 0.0265. The van der Waals surface area contributed by atoms with Crippen molar-refractivity contribution < 1.29 is 13.2 Å². The fourth-order valence-electron chi connectivity index (χ4n) is 1.98. The topological polar surface area (TPSA) is 81.4 Å². The fraction of sp³-hybridized carbons (Fsp3) is 0.667. The second-order valence-corrected chi connectivity index (χ2v) is 8.13. The standard InChI is InChI=1S/C12H20N2O3S2/c1-12(2-4-17-5-3-12)9-14-19(15,16)11-6-10(7-13)8-18-11/h6,8,14H,2-5,7,9,13H2,1H3. The van der Waals surface area contributed by atoms with Crippen LogP contribution in [0.3, 0.4) is 0 Å². The third-order valence-electron chi connectivity index (χ3n) is 3.52. The number of hydrogen-bond acceptors (Lipinski definition) is 5. The number of hydrogen-bond donors (Lipinski definition) is 2. The van der Waals surface area contributed by atoms with Gasteiger partial charge in [0.1, 0.15) is 4.21 Å². The number of nitrogens with two attached hydrogens (primary N) is 1. The van der Waals surface area contributed by atoms with Crippen LogP contribution in [0.2, 0.25) is 0 Å². The predicted octanol–water partition coefficient (Wildman–Crippen LogP) is 1.30. The summed E-state index contributed by atoms with van der Waals surface area (Å²) in [5, 5.41) is 1.78. The molecule has 0 radical (unpaired) electrons. The highest BCUT2D eigenvalue weighted by Gasteiger charge is 2.29. The summed E-state index contributed by atoms with van der Waals surface area (Å²) in [6.07, 6.45) is 1.77. The van der Waals surface area contributed by atoms with Crippen molar-refractivity contribution in [3.8, 4) is 0 Å². The van der Waals surface area contributed by atoms with Gasteiger partial charge in [-0.15, -0.1) is 11.3 Å². The van der Waals surface area contributed by atoms with E-state index in [4.69, 9.17) is 10.5 Å². The summed E-state index contributed by atoms with van der Waals surface area (Å²) in [7, 11) is -3.41. The van der Waals surface area contributed by atoms with E-state index in [-0.39, 0.29) is 5.41 Å². The largest absolute Gasteiger partial charge is 0.381 e. The minimum Gasteiger partial charge on any atom is -0.381 e. The molecule has 1 aromatic heterocycles. The van der Waals surface area contributed by atoms with E-state index in [1.54, 1.807) is 11.4 Å². The summed E-state index contributed by atoms with van der Waals surface area (Å²) in [6, 6.07) is 1.64. The van der Waals surface area contributed by atoms with Gasteiger partial charge >= 0.3 is 0 Å². The molecule has 7 heteroatoms. The number of nitrogens with one attached hydrogen (secondary N) is 1. The zero-order valence-electron chi connectivity index (χ0n) is 11.0. The van der Waals surface area contributed by atoms with E-state index >= 15 is 0 Å². The molecule has 3 N–H and O–H groups in total. The minimum atomic E-state index is -3.41. The van der Waals surface area contributed by atoms with Crippen LogP contribution in [0.15, 0.2) is 15.7 Å². The molecule has 0 unspecified atom stereocenters. The summed E-state index contributed by atoms with van der Waals surface area (Å²) < 4.78 is 32.7. The van der Waals surface area contributed by atoms with Crippen LogP contribution in [0.25, 0.3) is 0 Å². The third-order valence-corrected chi connectivity index (χ3v) is 6.41. The van der Waals surface area contributed by atoms with E-state index in [0.29, 0.717) is 30.5 Å². The molecule has 0 saturated carbocycles. The normalized spacial score (nSPS) is 19.5. The average Bonchev–Trinajstić information content (AvgIpc) is 2.87. The van der Waals surface area contributed by atoms with E-state index in [9.17, 15) is 8.42 Å². The quantitative estimate of drug-likeness (QED) is 0.859. The first-order valence-corrected chi connectivity index (χ1v) is 8.66. The Labute approximate surface area is 118 Å². The summed E-state index contributed by atoms with van der Waals surface area (Å²) in [4.78, 5) is 0. The van der Waals surface area contributed by atoms with Crippen molar-refractivity contribution in [1.29, 1.82) is 0 Å². The van der Waals surface area contributed by atoms with E-state index in [1.165, 1.54) is 11.3 Å². The maximum Gasteiger partial charge on any atom is 0.250 e. The van der Waals surface area contributed by atoms with Gasteiger partial charge in [-0.2, -0.15) is 0 Å². The molecule has 1 fully saturated rings. The maximum absolute atomic E-state index is 12.2. The van der Waals surface area contributed by atoms with E-state index in [0.717, 1.165) is 18.4 Å². The Balaban J connectivity index is 2.01. The van der Waals surface area contributed by atoms with Gasteiger partial charge in [-0.05, 0) is 35.3 Å². The summed E-state index contributed by atoms with van der Waals surface area (Å²) in [6.45, 7) is 4.32. The summed E-state index contributed by atoms with van der Waals surface area (Å²) >= 11 is 1.21. The van der Waals surface area contributed by atoms with Crippen molar-refractivity contribution in [2.45, 2.75) is 30.5 Å². The van der Waals surface area contributed by atoms with Crippen LogP contribution >= 0.6 is 11.3 Å². The maximum atomic E-state index is 12.2. The van der Waals surface area contributed by atoms with Gasteiger partial charge in [-0.1, -0.05) is 6.92 Å². The van der Waals surface area contributed by atoms with Crippen LogP contribution in [0.5, 0.6) is 0 Å². The molecule has 2 rings (SSSR count). The molecule has 108 valence electrons. The van der Waals surface area contributed by atoms with Gasteiger partial charge in [-0.3, -0.25) is 0 Å². The van der Waals surface area contributed by atoms with Gasteiger partial charge in [0, 0.05) is 26.3 Å². The van der Waals surface area contributed by atoms with E-state index < -0.39 is 10.0 Å². The highest BCUT2D eigenvalue weighted by atomic mass is 32.2. The molecule has 0 aromatic carbocycles. The second kappa shape index (κ2) is 5.88. The molecular weight excluding hydrogens is 284 g/mol. The summed E-state index contributed by atoms with van der Waals surface area (Å²) in [5.41, 5.74) is 6.33. The summed E-state index contributed by atoms with van der Waals surface area (Å²) in [5.74, 6) is 0. The lowest BCUT2D eigenvalue weighted by Gasteiger charge is -2.33. The first kappa shape index (κ1) is 14.9. The van der Waals surface area contributed by atoms with Crippen LogP contribution in [0, 0.1) is 5.41 Å². The van der Waals surface area contributed by atoms with Gasteiger partial charge in [0.2, 0.25) is 10.0 Å². The lowest BCUT2D eigenvalue weighted by atomic mass is 9.83. The molecule has 0 bridgehead atoms. The molecule has 19 heavy (non-hydrogen) atoms. The average molecular weight is 304 g/mol. The van der Waals surface area contributed by atoms with Crippen molar-refractivity contribution in [2.24, 2.45) is 11.1 Å². The van der Waals surface area contributed by atoms with Crippen LogP contribution in [0.1, 0.15) is 25.3 Å². The molecule has 0 atom stereocenters. The van der Waals surface area contributed by atoms with Crippen LogP contribution in [-0.2, 0) is 21.3 Å². The Bertz CT molecular complexity index is 519. The molecule has 1 aliphatic heterocycles. The smallest absolute Gasteiger partial charge is 0.250 e. The molecule has 0 spiro atoms. The van der Waals surface area contributed by atoms with Gasteiger partial charge < -0.3 is 10.5 Å². The van der Waals surface area contributed by atoms with Crippen molar-refractivity contribution in [3.05, 3.63) is 17.0 Å². The third kappa shape index (κ3) is 3.76. The first-order chi connectivity index (χ1) is 8.95.